The van der Waals surface area contributed by atoms with E-state index in [1.54, 1.807) is 7.11 Å². The van der Waals surface area contributed by atoms with E-state index in [1.807, 2.05) is 36.0 Å². The number of fused-ring (bicyclic) bond motifs is 1. The Balaban J connectivity index is 0.000000686. The van der Waals surface area contributed by atoms with Crippen molar-refractivity contribution in [3.8, 4) is 0 Å². The van der Waals surface area contributed by atoms with Crippen LogP contribution in [-0.4, -0.2) is 44.4 Å². The molecular weight excluding hydrogens is 218 g/mol. The molecule has 0 N–H and O–H groups in total. The molecule has 17 heavy (non-hydrogen) atoms. The van der Waals surface area contributed by atoms with Crippen molar-refractivity contribution in [3.05, 3.63) is 35.4 Å². The van der Waals surface area contributed by atoms with Crippen LogP contribution in [0.25, 0.3) is 0 Å². The van der Waals surface area contributed by atoms with Gasteiger partial charge in [0.1, 0.15) is 6.79 Å². The highest BCUT2D eigenvalue weighted by atomic mass is 16.5. The number of hydrogen-bond donors (Lipinski definition) is 0. The molecular formula is C13H17NO3. The van der Waals surface area contributed by atoms with Crippen molar-refractivity contribution in [2.24, 2.45) is 0 Å². The van der Waals surface area contributed by atoms with Crippen molar-refractivity contribution >= 4 is 12.7 Å². The summed E-state index contributed by atoms with van der Waals surface area (Å²) < 4.78 is 4.99. The molecule has 0 saturated heterocycles. The van der Waals surface area contributed by atoms with Crippen molar-refractivity contribution in [1.82, 2.24) is 4.90 Å². The summed E-state index contributed by atoms with van der Waals surface area (Å²) >= 11 is 0. The van der Waals surface area contributed by atoms with Gasteiger partial charge in [-0.3, -0.25) is 4.79 Å². The molecule has 0 spiro atoms. The molecule has 0 bridgehead atoms. The molecule has 0 aromatic heterocycles. The van der Waals surface area contributed by atoms with Gasteiger partial charge in [0.05, 0.1) is 6.61 Å². The van der Waals surface area contributed by atoms with Crippen LogP contribution in [0.3, 0.4) is 0 Å². The summed E-state index contributed by atoms with van der Waals surface area (Å²) in [4.78, 5) is 21.8. The van der Waals surface area contributed by atoms with Crippen LogP contribution in [0.2, 0.25) is 0 Å². The number of rotatable bonds is 3. The van der Waals surface area contributed by atoms with Crippen LogP contribution < -0.4 is 0 Å². The SMILES string of the molecule is C=O.COCCN1CCc2ccccc2C1=O. The van der Waals surface area contributed by atoms with Crippen molar-refractivity contribution in [2.75, 3.05) is 26.8 Å². The lowest BCUT2D eigenvalue weighted by molar-refractivity contribution is -0.0979. The number of benzene rings is 1. The molecule has 0 fully saturated rings. The first-order valence-corrected chi connectivity index (χ1v) is 5.48. The minimum atomic E-state index is 0.133. The largest absolute Gasteiger partial charge is 0.383 e. The van der Waals surface area contributed by atoms with Gasteiger partial charge in [-0.2, -0.15) is 0 Å². The predicted octanol–water partition coefficient (Wildman–Crippen LogP) is 1.15. The molecule has 1 aliphatic heterocycles. The third kappa shape index (κ3) is 3.14. The van der Waals surface area contributed by atoms with Crippen LogP contribution in [0.1, 0.15) is 15.9 Å². The van der Waals surface area contributed by atoms with E-state index < -0.39 is 0 Å². The molecule has 1 amide bonds. The standard InChI is InChI=1S/C12H15NO2.CH2O/c1-15-9-8-13-7-6-10-4-2-3-5-11(10)12(13)14;1-2/h2-5H,6-9H2,1H3;1H2. The fraction of sp³-hybridized carbons (Fsp3) is 0.385. The van der Waals surface area contributed by atoms with Crippen molar-refractivity contribution in [1.29, 1.82) is 0 Å². The Morgan fingerprint density at radius 2 is 2.06 bits per heavy atom. The van der Waals surface area contributed by atoms with E-state index in [9.17, 15) is 4.79 Å². The Labute approximate surface area is 101 Å². The Hall–Kier alpha value is -1.68. The average Bonchev–Trinajstić information content (AvgIpc) is 2.41. The molecule has 4 nitrogen and oxygen atoms in total. The lowest BCUT2D eigenvalue weighted by Crippen LogP contribution is -2.39. The molecule has 92 valence electrons. The minimum Gasteiger partial charge on any atom is -0.383 e. The summed E-state index contributed by atoms with van der Waals surface area (Å²) in [6.07, 6.45) is 0.950. The van der Waals surface area contributed by atoms with E-state index in [0.717, 1.165) is 24.1 Å². The van der Waals surface area contributed by atoms with Gasteiger partial charge in [0, 0.05) is 25.8 Å². The van der Waals surface area contributed by atoms with E-state index in [1.165, 1.54) is 0 Å². The van der Waals surface area contributed by atoms with E-state index >= 15 is 0 Å². The van der Waals surface area contributed by atoms with Gasteiger partial charge < -0.3 is 14.4 Å². The lowest BCUT2D eigenvalue weighted by atomic mass is 9.99. The molecule has 1 aromatic rings. The first-order chi connectivity index (χ1) is 8.33. The Kier molecular flexibility index (Phi) is 5.36. The van der Waals surface area contributed by atoms with Gasteiger partial charge in [0.25, 0.3) is 5.91 Å². The van der Waals surface area contributed by atoms with E-state index in [4.69, 9.17) is 9.53 Å². The molecule has 1 aromatic carbocycles. The van der Waals surface area contributed by atoms with Crippen LogP contribution in [0.15, 0.2) is 24.3 Å². The van der Waals surface area contributed by atoms with E-state index in [-0.39, 0.29) is 5.91 Å². The van der Waals surface area contributed by atoms with Gasteiger partial charge in [-0.25, -0.2) is 0 Å². The van der Waals surface area contributed by atoms with Crippen molar-refractivity contribution in [2.45, 2.75) is 6.42 Å². The highest BCUT2D eigenvalue weighted by Gasteiger charge is 2.22. The van der Waals surface area contributed by atoms with Crippen LogP contribution in [0.5, 0.6) is 0 Å². The van der Waals surface area contributed by atoms with Gasteiger partial charge in [0.2, 0.25) is 0 Å². The van der Waals surface area contributed by atoms with Crippen LogP contribution in [0, 0.1) is 0 Å². The molecule has 0 aliphatic carbocycles. The topological polar surface area (TPSA) is 46.6 Å². The maximum Gasteiger partial charge on any atom is 0.254 e. The number of amides is 1. The van der Waals surface area contributed by atoms with Gasteiger partial charge in [-0.05, 0) is 18.1 Å². The van der Waals surface area contributed by atoms with E-state index in [2.05, 4.69) is 0 Å². The molecule has 0 radical (unpaired) electrons. The zero-order valence-corrected chi connectivity index (χ0v) is 10.0. The second-order valence-electron chi connectivity index (χ2n) is 3.69. The fourth-order valence-corrected chi connectivity index (χ4v) is 1.89. The third-order valence-electron chi connectivity index (χ3n) is 2.75. The summed E-state index contributed by atoms with van der Waals surface area (Å²) in [5.41, 5.74) is 2.01. The average molecular weight is 235 g/mol. The smallest absolute Gasteiger partial charge is 0.254 e. The predicted molar refractivity (Wildman–Crippen MR) is 65.0 cm³/mol. The molecule has 0 unspecified atom stereocenters. The highest BCUT2D eigenvalue weighted by molar-refractivity contribution is 5.96. The van der Waals surface area contributed by atoms with Gasteiger partial charge in [-0.1, -0.05) is 18.2 Å². The Morgan fingerprint density at radius 1 is 1.35 bits per heavy atom. The number of nitrogens with zero attached hydrogens (tertiary/aromatic N) is 1. The molecule has 0 saturated carbocycles. The maximum atomic E-state index is 12.0. The second-order valence-corrected chi connectivity index (χ2v) is 3.69. The first-order valence-electron chi connectivity index (χ1n) is 5.48. The van der Waals surface area contributed by atoms with Crippen molar-refractivity contribution < 1.29 is 14.3 Å². The molecule has 1 heterocycles. The first kappa shape index (κ1) is 13.4. The minimum absolute atomic E-state index is 0.133. The Morgan fingerprint density at radius 3 is 2.76 bits per heavy atom. The fourth-order valence-electron chi connectivity index (χ4n) is 1.89. The molecule has 0 atom stereocenters. The zero-order valence-electron chi connectivity index (χ0n) is 10.0. The zero-order chi connectivity index (χ0) is 12.7. The number of carbonyl (C=O) groups is 2. The van der Waals surface area contributed by atoms with Crippen LogP contribution >= 0.6 is 0 Å². The van der Waals surface area contributed by atoms with Crippen molar-refractivity contribution in [3.63, 3.8) is 0 Å². The second kappa shape index (κ2) is 6.81. The summed E-state index contributed by atoms with van der Waals surface area (Å²) in [6.45, 7) is 4.09. The summed E-state index contributed by atoms with van der Waals surface area (Å²) in [6, 6.07) is 7.82. The third-order valence-corrected chi connectivity index (χ3v) is 2.75. The monoisotopic (exact) mass is 235 g/mol. The molecule has 4 heteroatoms. The lowest BCUT2D eigenvalue weighted by Gasteiger charge is -2.28. The van der Waals surface area contributed by atoms with Gasteiger partial charge in [0.15, 0.2) is 0 Å². The number of ether oxygens (including phenoxy) is 1. The highest BCUT2D eigenvalue weighted by Crippen LogP contribution is 2.17. The van der Waals surface area contributed by atoms with E-state index in [0.29, 0.717) is 13.2 Å². The summed E-state index contributed by atoms with van der Waals surface area (Å²) in [5, 5.41) is 0. The van der Waals surface area contributed by atoms with Gasteiger partial charge >= 0.3 is 0 Å². The molecule has 1 aliphatic rings. The van der Waals surface area contributed by atoms with Crippen LogP contribution in [-0.2, 0) is 16.0 Å². The van der Waals surface area contributed by atoms with Crippen LogP contribution in [0.4, 0.5) is 0 Å². The number of hydrogen-bond acceptors (Lipinski definition) is 3. The summed E-state index contributed by atoms with van der Waals surface area (Å²) in [7, 11) is 1.66. The quantitative estimate of drug-likeness (QED) is 0.789. The summed E-state index contributed by atoms with van der Waals surface area (Å²) in [5.74, 6) is 0.133. The Bertz CT molecular complexity index is 379. The number of methoxy groups -OCH3 is 1. The maximum absolute atomic E-state index is 12.0. The normalized spacial score (nSPS) is 13.7. The molecule has 2 rings (SSSR count). The number of carbonyl (C=O) groups excluding carboxylic acids is 2. The van der Waals surface area contributed by atoms with Gasteiger partial charge in [-0.15, -0.1) is 0 Å².